The van der Waals surface area contributed by atoms with E-state index in [2.05, 4.69) is 20.5 Å². The third-order valence-electron chi connectivity index (χ3n) is 10.8. The first-order valence-electron chi connectivity index (χ1n) is 18.9. The number of rotatable bonds is 10. The smallest absolute Gasteiger partial charge is 0.280 e. The van der Waals surface area contributed by atoms with Gasteiger partial charge in [0, 0.05) is 49.5 Å². The summed E-state index contributed by atoms with van der Waals surface area (Å²) < 4.78 is 64.5. The molecule has 296 valence electrons. The Kier molecular flexibility index (Phi) is 11.4. The van der Waals surface area contributed by atoms with Crippen molar-refractivity contribution >= 4 is 35.1 Å². The highest BCUT2D eigenvalue weighted by Gasteiger charge is 2.33. The molecule has 2 N–H and O–H groups in total. The van der Waals surface area contributed by atoms with E-state index in [-0.39, 0.29) is 65.7 Å². The quantitative estimate of drug-likeness (QED) is 0.146. The van der Waals surface area contributed by atoms with Crippen molar-refractivity contribution < 1.29 is 41.5 Å². The number of imide groups is 1. The van der Waals surface area contributed by atoms with E-state index in [0.29, 0.717) is 50.4 Å². The monoisotopic (exact) mass is 777 g/mol. The van der Waals surface area contributed by atoms with E-state index in [0.717, 1.165) is 30.7 Å². The third-order valence-corrected chi connectivity index (χ3v) is 10.8. The van der Waals surface area contributed by atoms with E-state index >= 15 is 8.78 Å². The second kappa shape index (κ2) is 16.4. The predicted octanol–water partition coefficient (Wildman–Crippen LogP) is 6.09. The molecule has 1 aromatic carbocycles. The summed E-state index contributed by atoms with van der Waals surface area (Å²) in [6.45, 7) is 6.07. The van der Waals surface area contributed by atoms with Crippen LogP contribution in [0.1, 0.15) is 109 Å². The number of nitrogens with one attached hydrogen (secondary N) is 2. The fourth-order valence-corrected chi connectivity index (χ4v) is 7.85. The molecule has 0 radical (unpaired) electrons. The number of aromatic nitrogens is 3. The van der Waals surface area contributed by atoms with E-state index in [1.807, 2.05) is 20.0 Å². The normalized spacial score (nSPS) is 18.9. The number of anilines is 1. The van der Waals surface area contributed by atoms with Gasteiger partial charge in [-0.25, -0.2) is 27.5 Å². The number of ether oxygens (including phenoxy) is 1. The SMILES string of the molecule is CC(C)Oc1cc2nc(C3CCN(CC(=O)N4CCC(c5cc(F)c(C6CCC(=O)NC6=O)cc5F)CC4)CC3)cn2cc1C(=O)Nc1cccc(C(F)F)n1. The highest BCUT2D eigenvalue weighted by molar-refractivity contribution is 6.06. The summed E-state index contributed by atoms with van der Waals surface area (Å²) in [6.07, 6.45) is 3.11. The lowest BCUT2D eigenvalue weighted by Crippen LogP contribution is -2.45. The van der Waals surface area contributed by atoms with Crippen LogP contribution in [0.3, 0.4) is 0 Å². The van der Waals surface area contributed by atoms with Crippen LogP contribution < -0.4 is 15.4 Å². The van der Waals surface area contributed by atoms with Crippen molar-refractivity contribution in [1.29, 1.82) is 0 Å². The molecule has 1 unspecified atom stereocenters. The Morgan fingerprint density at radius 2 is 1.61 bits per heavy atom. The first-order chi connectivity index (χ1) is 26.8. The van der Waals surface area contributed by atoms with Crippen LogP contribution in [0.15, 0.2) is 48.8 Å². The Morgan fingerprint density at radius 1 is 0.911 bits per heavy atom. The summed E-state index contributed by atoms with van der Waals surface area (Å²) in [5.41, 5.74) is 1.35. The molecular weight excluding hydrogens is 734 g/mol. The van der Waals surface area contributed by atoms with Gasteiger partial charge in [-0.15, -0.1) is 0 Å². The summed E-state index contributed by atoms with van der Waals surface area (Å²) in [4.78, 5) is 63.0. The second-order valence-electron chi connectivity index (χ2n) is 15.0. The number of pyridine rings is 2. The molecule has 0 spiro atoms. The molecule has 12 nitrogen and oxygen atoms in total. The van der Waals surface area contributed by atoms with Gasteiger partial charge in [0.2, 0.25) is 17.7 Å². The highest BCUT2D eigenvalue weighted by atomic mass is 19.3. The fraction of sp³-hybridized carbons (Fsp3) is 0.450. The molecule has 0 bridgehead atoms. The van der Waals surface area contributed by atoms with Gasteiger partial charge >= 0.3 is 0 Å². The third kappa shape index (κ3) is 8.54. The summed E-state index contributed by atoms with van der Waals surface area (Å²) in [5.74, 6) is -3.68. The number of likely N-dealkylation sites (tertiary alicyclic amines) is 2. The molecule has 56 heavy (non-hydrogen) atoms. The van der Waals surface area contributed by atoms with Crippen LogP contribution in [0.5, 0.6) is 5.75 Å². The van der Waals surface area contributed by atoms with Gasteiger partial charge in [0.05, 0.1) is 29.8 Å². The van der Waals surface area contributed by atoms with Crippen molar-refractivity contribution in [3.05, 3.63) is 88.5 Å². The maximum Gasteiger partial charge on any atom is 0.280 e. The molecule has 3 fully saturated rings. The molecule has 16 heteroatoms. The number of halogens is 4. The van der Waals surface area contributed by atoms with Crippen molar-refractivity contribution in [1.82, 2.24) is 29.5 Å². The number of hydrogen-bond donors (Lipinski definition) is 2. The Hall–Kier alpha value is -5.38. The average molecular weight is 778 g/mol. The molecule has 1 atom stereocenters. The van der Waals surface area contributed by atoms with Crippen LogP contribution in [0, 0.1) is 11.6 Å². The van der Waals surface area contributed by atoms with Crippen LogP contribution in [0.25, 0.3) is 5.65 Å². The minimum Gasteiger partial charge on any atom is -0.490 e. The van der Waals surface area contributed by atoms with Crippen LogP contribution in [-0.2, 0) is 14.4 Å². The van der Waals surface area contributed by atoms with Crippen molar-refractivity contribution in [3.63, 3.8) is 0 Å². The predicted molar refractivity (Wildman–Crippen MR) is 197 cm³/mol. The standard InChI is InChI=1S/C40H43F4N7O5/c1-22(2)56-33-18-35-46-32(20-51(35)19-28(33)40(55)47-34-5-3-4-31(45-34)38(43)44)24-8-12-49(13-9-24)21-37(53)50-14-10-23(11-15-50)26-16-30(42)27(17-29(26)41)25-6-7-36(52)48-39(25)54/h3-5,16-20,22-25,38H,6-15,21H2,1-2H3,(H,45,47,55)(H,48,52,54). The summed E-state index contributed by atoms with van der Waals surface area (Å²) >= 11 is 0. The van der Waals surface area contributed by atoms with E-state index in [1.54, 1.807) is 21.6 Å². The number of alkyl halides is 2. The van der Waals surface area contributed by atoms with Gasteiger partial charge in [-0.05, 0) is 94.8 Å². The van der Waals surface area contributed by atoms with E-state index in [1.165, 1.54) is 18.2 Å². The van der Waals surface area contributed by atoms with E-state index < -0.39 is 47.4 Å². The Balaban J connectivity index is 0.934. The molecular formula is C40H43F4N7O5. The largest absolute Gasteiger partial charge is 0.490 e. The lowest BCUT2D eigenvalue weighted by molar-refractivity contribution is -0.135. The van der Waals surface area contributed by atoms with Crippen molar-refractivity contribution in [2.75, 3.05) is 38.0 Å². The molecule has 4 aromatic rings. The van der Waals surface area contributed by atoms with Crippen molar-refractivity contribution in [3.8, 4) is 5.75 Å². The number of carbonyl (C=O) groups is 4. The van der Waals surface area contributed by atoms with Crippen molar-refractivity contribution in [2.45, 2.75) is 82.7 Å². The highest BCUT2D eigenvalue weighted by Crippen LogP contribution is 2.35. The van der Waals surface area contributed by atoms with Crippen LogP contribution in [-0.4, -0.2) is 86.6 Å². The maximum absolute atomic E-state index is 15.3. The Labute approximate surface area is 320 Å². The Morgan fingerprint density at radius 3 is 2.30 bits per heavy atom. The first kappa shape index (κ1) is 38.9. The minimum atomic E-state index is -2.78. The lowest BCUT2D eigenvalue weighted by atomic mass is 9.85. The number of amides is 4. The fourth-order valence-electron chi connectivity index (χ4n) is 7.85. The molecule has 6 heterocycles. The van der Waals surface area contributed by atoms with Crippen LogP contribution in [0.4, 0.5) is 23.4 Å². The van der Waals surface area contributed by atoms with Gasteiger partial charge in [0.15, 0.2) is 0 Å². The maximum atomic E-state index is 15.3. The van der Waals surface area contributed by atoms with Gasteiger partial charge < -0.3 is 19.4 Å². The van der Waals surface area contributed by atoms with Gasteiger partial charge in [0.1, 0.15) is 34.5 Å². The zero-order valence-corrected chi connectivity index (χ0v) is 31.1. The molecule has 3 aromatic heterocycles. The number of nitrogens with zero attached hydrogens (tertiary/aromatic N) is 5. The van der Waals surface area contributed by atoms with Gasteiger partial charge in [-0.1, -0.05) is 6.07 Å². The zero-order valence-electron chi connectivity index (χ0n) is 31.1. The molecule has 0 saturated carbocycles. The molecule has 3 saturated heterocycles. The minimum absolute atomic E-state index is 0.00726. The van der Waals surface area contributed by atoms with E-state index in [9.17, 15) is 28.0 Å². The van der Waals surface area contributed by atoms with Crippen molar-refractivity contribution in [2.24, 2.45) is 0 Å². The average Bonchev–Trinajstić information content (AvgIpc) is 3.58. The topological polar surface area (TPSA) is 138 Å². The summed E-state index contributed by atoms with van der Waals surface area (Å²) in [7, 11) is 0. The van der Waals surface area contributed by atoms with Gasteiger partial charge in [0.25, 0.3) is 12.3 Å². The van der Waals surface area contributed by atoms with Crippen LogP contribution >= 0.6 is 0 Å². The van der Waals surface area contributed by atoms with Crippen LogP contribution in [0.2, 0.25) is 0 Å². The number of hydrogen-bond acceptors (Lipinski definition) is 8. The second-order valence-corrected chi connectivity index (χ2v) is 15.0. The number of carbonyl (C=O) groups excluding carboxylic acids is 4. The number of benzene rings is 1. The van der Waals surface area contributed by atoms with Gasteiger partial charge in [-0.2, -0.15) is 0 Å². The first-order valence-corrected chi connectivity index (χ1v) is 18.9. The molecule has 3 aliphatic rings. The summed E-state index contributed by atoms with van der Waals surface area (Å²) in [5, 5.41) is 4.78. The Bertz CT molecular complexity index is 2140. The molecule has 0 aliphatic carbocycles. The lowest BCUT2D eigenvalue weighted by Gasteiger charge is -2.36. The number of fused-ring (bicyclic) bond motifs is 1. The van der Waals surface area contributed by atoms with Gasteiger partial charge in [-0.3, -0.25) is 29.4 Å². The van der Waals surface area contributed by atoms with E-state index in [4.69, 9.17) is 9.72 Å². The molecule has 7 rings (SSSR count). The zero-order chi connectivity index (χ0) is 39.7. The summed E-state index contributed by atoms with van der Waals surface area (Å²) in [6, 6.07) is 7.94. The molecule has 4 amide bonds. The molecule has 3 aliphatic heterocycles. The number of piperidine rings is 3. The number of imidazole rings is 1.